The van der Waals surface area contributed by atoms with Gasteiger partial charge in [-0.3, -0.25) is 22.7 Å². The summed E-state index contributed by atoms with van der Waals surface area (Å²) in [5.74, 6) is -2.75. The average molecular weight is 611 g/mol. The largest absolute Gasteiger partial charge is 0.360 e. The number of hydrogen-bond acceptors (Lipinski definition) is 9. The molecule has 0 fully saturated rings. The molecule has 9 nitrogen and oxygen atoms in total. The van der Waals surface area contributed by atoms with Crippen LogP contribution in [0, 0.1) is 0 Å². The van der Waals surface area contributed by atoms with E-state index in [1.807, 2.05) is 0 Å². The molecule has 0 heterocycles. The van der Waals surface area contributed by atoms with Gasteiger partial charge < -0.3 is 18.1 Å². The third-order valence-corrected chi connectivity index (χ3v) is 10.9. The fourth-order valence-corrected chi connectivity index (χ4v) is 8.78. The first-order chi connectivity index (χ1) is 14.6. The Morgan fingerprint density at radius 1 is 0.581 bits per heavy atom. The van der Waals surface area contributed by atoms with Crippen molar-refractivity contribution in [3.63, 3.8) is 0 Å². The third kappa shape index (κ3) is 12.4. The minimum absolute atomic E-state index is 0.0281. The lowest BCUT2D eigenvalue weighted by atomic mass is 10.9. The molecule has 0 aliphatic carbocycles. The second-order valence-corrected chi connectivity index (χ2v) is 14.2. The van der Waals surface area contributed by atoms with Crippen molar-refractivity contribution in [2.45, 2.75) is 25.5 Å². The Hall–Kier alpha value is 1.90. The Morgan fingerprint density at radius 3 is 1.39 bits per heavy atom. The minimum Gasteiger partial charge on any atom is -0.307 e. The van der Waals surface area contributed by atoms with Crippen LogP contribution in [0.5, 0.6) is 0 Å². The molecule has 0 aromatic heterocycles. The summed E-state index contributed by atoms with van der Waals surface area (Å²) in [4.78, 5) is 0. The molecule has 0 saturated heterocycles. The van der Waals surface area contributed by atoms with E-state index >= 15 is 0 Å². The highest BCUT2D eigenvalue weighted by Gasteiger charge is 2.45. The normalized spacial score (nSPS) is 18.3. The van der Waals surface area contributed by atoms with Crippen LogP contribution in [0.3, 0.4) is 0 Å². The number of halogens is 5. The lowest BCUT2D eigenvalue weighted by Crippen LogP contribution is -2.21. The van der Waals surface area contributed by atoms with Gasteiger partial charge in [-0.1, -0.05) is 0 Å². The zero-order valence-electron chi connectivity index (χ0n) is 17.1. The van der Waals surface area contributed by atoms with Crippen LogP contribution in [-0.4, -0.2) is 73.7 Å². The van der Waals surface area contributed by atoms with Gasteiger partial charge in [0.25, 0.3) is 0 Å². The molecule has 0 aromatic rings. The first-order valence-corrected chi connectivity index (χ1v) is 16.7. The van der Waals surface area contributed by atoms with Crippen LogP contribution in [0.15, 0.2) is 0 Å². The van der Waals surface area contributed by atoms with Gasteiger partial charge in [-0.15, -0.1) is 58.0 Å². The monoisotopic (exact) mass is 608 g/mol. The Bertz CT molecular complexity index is 618. The molecule has 0 bridgehead atoms. The zero-order chi connectivity index (χ0) is 24.0. The average Bonchev–Trinajstić information content (AvgIpc) is 2.73. The summed E-state index contributed by atoms with van der Waals surface area (Å²) in [5.41, 5.74) is 0. The van der Waals surface area contributed by atoms with Crippen LogP contribution in [0.1, 0.15) is 13.8 Å². The van der Waals surface area contributed by atoms with Crippen LogP contribution < -0.4 is 0 Å². The number of rotatable bonds is 20. The molecule has 0 N–H and O–H groups in total. The van der Waals surface area contributed by atoms with E-state index in [0.717, 1.165) is 0 Å². The van der Waals surface area contributed by atoms with Crippen molar-refractivity contribution < 1.29 is 40.8 Å². The molecule has 188 valence electrons. The SMILES string of the molecule is CC(OP(=O)(OCCCl)C(C)OP(=O)(CCCl)OCCCl)P(=O)(OCCCl)OCCCl. The summed E-state index contributed by atoms with van der Waals surface area (Å²) < 4.78 is 71.4. The van der Waals surface area contributed by atoms with E-state index in [4.69, 9.17) is 85.1 Å². The van der Waals surface area contributed by atoms with Crippen molar-refractivity contribution in [1.29, 1.82) is 0 Å². The van der Waals surface area contributed by atoms with Gasteiger partial charge in [0.15, 0.2) is 11.7 Å². The quantitative estimate of drug-likeness (QED) is 0.112. The maximum atomic E-state index is 13.5. The molecule has 0 rings (SSSR count). The van der Waals surface area contributed by atoms with E-state index in [1.165, 1.54) is 13.8 Å². The van der Waals surface area contributed by atoms with Crippen molar-refractivity contribution in [3.8, 4) is 0 Å². The van der Waals surface area contributed by atoms with Crippen molar-refractivity contribution >= 4 is 80.8 Å². The van der Waals surface area contributed by atoms with E-state index in [2.05, 4.69) is 0 Å². The highest BCUT2D eigenvalue weighted by atomic mass is 35.5. The maximum absolute atomic E-state index is 13.5. The summed E-state index contributed by atoms with van der Waals surface area (Å²) in [6.07, 6.45) is -0.170. The molecular weight excluding hydrogens is 582 g/mol. The second-order valence-electron chi connectivity index (χ2n) is 5.60. The summed E-state index contributed by atoms with van der Waals surface area (Å²) >= 11 is 28.1. The van der Waals surface area contributed by atoms with Gasteiger partial charge in [0, 0.05) is 29.4 Å². The van der Waals surface area contributed by atoms with Gasteiger partial charge in [-0.25, -0.2) is 0 Å². The molecule has 0 aliphatic heterocycles. The fourth-order valence-electron chi connectivity index (χ4n) is 1.94. The predicted molar refractivity (Wildman–Crippen MR) is 126 cm³/mol. The predicted octanol–water partition coefficient (Wildman–Crippen LogP) is 6.55. The van der Waals surface area contributed by atoms with Crippen LogP contribution in [-0.2, 0) is 40.8 Å². The lowest BCUT2D eigenvalue weighted by Gasteiger charge is -2.31. The van der Waals surface area contributed by atoms with Gasteiger partial charge >= 0.3 is 22.8 Å². The van der Waals surface area contributed by atoms with E-state index in [1.54, 1.807) is 0 Å². The molecule has 17 heteroatoms. The Morgan fingerprint density at radius 2 is 0.968 bits per heavy atom. The van der Waals surface area contributed by atoms with Crippen molar-refractivity contribution in [3.05, 3.63) is 0 Å². The van der Waals surface area contributed by atoms with Crippen LogP contribution in [0.2, 0.25) is 0 Å². The minimum atomic E-state index is -4.23. The van der Waals surface area contributed by atoms with E-state index in [0.29, 0.717) is 0 Å². The molecule has 0 aliphatic rings. The maximum Gasteiger partial charge on any atom is 0.360 e. The first-order valence-electron chi connectivity index (χ1n) is 9.09. The number of hydrogen-bond donors (Lipinski definition) is 0. The summed E-state index contributed by atoms with van der Waals surface area (Å²) in [6, 6.07) is 0. The van der Waals surface area contributed by atoms with Crippen molar-refractivity contribution in [2.75, 3.05) is 62.0 Å². The molecule has 0 saturated carbocycles. The highest BCUT2D eigenvalue weighted by Crippen LogP contribution is 2.65. The van der Waals surface area contributed by atoms with E-state index in [-0.39, 0.29) is 62.0 Å². The highest BCUT2D eigenvalue weighted by molar-refractivity contribution is 7.59. The standard InChI is InChI=1S/C14H28Cl5O9P3/c1-13(27-29(20,12-7-19)23-8-3-15)31(22,26-11-6-18)28-14(2)30(21,24-9-4-16)25-10-5-17/h13-14H,3-12H2,1-2H3. The summed E-state index contributed by atoms with van der Waals surface area (Å²) in [5, 5.41) is 0. The van der Waals surface area contributed by atoms with E-state index < -0.39 is 34.5 Å². The Balaban J connectivity index is 5.69. The molecule has 0 spiro atoms. The van der Waals surface area contributed by atoms with Gasteiger partial charge in [-0.05, 0) is 13.8 Å². The van der Waals surface area contributed by atoms with Crippen LogP contribution >= 0.6 is 80.8 Å². The lowest BCUT2D eigenvalue weighted by molar-refractivity contribution is 0.119. The van der Waals surface area contributed by atoms with Gasteiger partial charge in [0.05, 0.1) is 32.6 Å². The van der Waals surface area contributed by atoms with Gasteiger partial charge in [0.2, 0.25) is 0 Å². The molecule has 0 radical (unpaired) electrons. The van der Waals surface area contributed by atoms with Crippen molar-refractivity contribution in [2.24, 2.45) is 0 Å². The molecule has 0 aromatic carbocycles. The zero-order valence-corrected chi connectivity index (χ0v) is 23.6. The van der Waals surface area contributed by atoms with Crippen LogP contribution in [0.25, 0.3) is 0 Å². The molecule has 0 amide bonds. The Labute approximate surface area is 208 Å². The van der Waals surface area contributed by atoms with Crippen LogP contribution in [0.4, 0.5) is 0 Å². The summed E-state index contributed by atoms with van der Waals surface area (Å²) in [6.45, 7) is 2.10. The Kier molecular flexibility index (Phi) is 18.4. The fraction of sp³-hybridized carbons (Fsp3) is 1.00. The van der Waals surface area contributed by atoms with Gasteiger partial charge in [0.1, 0.15) is 0 Å². The molecule has 4 unspecified atom stereocenters. The molecule has 4 atom stereocenters. The topological polar surface area (TPSA) is 107 Å². The number of alkyl halides is 5. The first kappa shape index (κ1) is 32.9. The second kappa shape index (κ2) is 17.3. The van der Waals surface area contributed by atoms with Crippen molar-refractivity contribution in [1.82, 2.24) is 0 Å². The molecular formula is C14H28Cl5O9P3. The van der Waals surface area contributed by atoms with E-state index in [9.17, 15) is 13.7 Å². The molecule has 31 heavy (non-hydrogen) atoms. The third-order valence-electron chi connectivity index (χ3n) is 3.27. The summed E-state index contributed by atoms with van der Waals surface area (Å²) in [7, 11) is -12.0. The smallest absolute Gasteiger partial charge is 0.307 e. The van der Waals surface area contributed by atoms with Gasteiger partial charge in [-0.2, -0.15) is 0 Å².